The van der Waals surface area contributed by atoms with Crippen LogP contribution in [-0.4, -0.2) is 39.0 Å². The molecule has 0 fully saturated rings. The molecule has 0 unspecified atom stereocenters. The van der Waals surface area contributed by atoms with Crippen molar-refractivity contribution in [1.29, 1.82) is 0 Å². The van der Waals surface area contributed by atoms with E-state index in [0.29, 0.717) is 0 Å². The number of methoxy groups -OCH3 is 1. The second kappa shape index (κ2) is 6.00. The van der Waals surface area contributed by atoms with Crippen LogP contribution in [0.25, 0.3) is 0 Å². The van der Waals surface area contributed by atoms with Crippen molar-refractivity contribution in [3.05, 3.63) is 34.9 Å². The van der Waals surface area contributed by atoms with Crippen LogP contribution >= 0.6 is 0 Å². The Morgan fingerprint density at radius 3 is 2.65 bits per heavy atom. The second-order valence-electron chi connectivity index (χ2n) is 5.10. The van der Waals surface area contributed by atoms with E-state index < -0.39 is 0 Å². The predicted molar refractivity (Wildman–Crippen MR) is 76.4 cm³/mol. The minimum Gasteiger partial charge on any atom is -0.496 e. The summed E-state index contributed by atoms with van der Waals surface area (Å²) in [5.41, 5.74) is 4.13. The molecule has 0 N–H and O–H groups in total. The average molecular weight is 275 g/mol. The number of rotatable bonds is 5. The third kappa shape index (κ3) is 3.14. The quantitative estimate of drug-likeness (QED) is 0.827. The predicted octanol–water partition coefficient (Wildman–Crippen LogP) is 1.47. The molecule has 6 nitrogen and oxygen atoms in total. The van der Waals surface area contributed by atoms with Gasteiger partial charge >= 0.3 is 0 Å². The molecule has 0 aliphatic rings. The fraction of sp³-hybridized carbons (Fsp3) is 0.500. The van der Waals surface area contributed by atoms with Gasteiger partial charge < -0.3 is 4.74 Å². The highest BCUT2D eigenvalue weighted by Gasteiger charge is 2.12. The van der Waals surface area contributed by atoms with E-state index in [1.54, 1.807) is 11.8 Å². The first-order chi connectivity index (χ1) is 9.51. The Balaban J connectivity index is 2.09. The van der Waals surface area contributed by atoms with Crippen molar-refractivity contribution in [2.75, 3.05) is 14.2 Å². The fourth-order valence-electron chi connectivity index (χ4n) is 2.29. The van der Waals surface area contributed by atoms with Gasteiger partial charge in [0.2, 0.25) is 0 Å². The van der Waals surface area contributed by atoms with E-state index in [9.17, 15) is 0 Å². The molecule has 0 saturated carbocycles. The lowest BCUT2D eigenvalue weighted by molar-refractivity contribution is 0.309. The van der Waals surface area contributed by atoms with Crippen molar-refractivity contribution >= 4 is 0 Å². The van der Waals surface area contributed by atoms with Gasteiger partial charge in [0, 0.05) is 43.7 Å². The van der Waals surface area contributed by atoms with Gasteiger partial charge in [0.25, 0.3) is 0 Å². The van der Waals surface area contributed by atoms with Gasteiger partial charge in [0.05, 0.1) is 18.5 Å². The zero-order valence-electron chi connectivity index (χ0n) is 12.7. The Bertz CT molecular complexity index is 593. The van der Waals surface area contributed by atoms with Crippen molar-refractivity contribution in [2.45, 2.75) is 26.9 Å². The van der Waals surface area contributed by atoms with Gasteiger partial charge in [-0.25, -0.2) is 0 Å². The fourth-order valence-corrected chi connectivity index (χ4v) is 2.29. The molecule has 0 bridgehead atoms. The van der Waals surface area contributed by atoms with Gasteiger partial charge in [-0.2, -0.15) is 0 Å². The number of aryl methyl sites for hydroxylation is 2. The van der Waals surface area contributed by atoms with E-state index in [0.717, 1.165) is 41.4 Å². The summed E-state index contributed by atoms with van der Waals surface area (Å²) < 4.78 is 7.15. The second-order valence-corrected chi connectivity index (χ2v) is 5.10. The summed E-state index contributed by atoms with van der Waals surface area (Å²) in [7, 11) is 5.61. The average Bonchev–Trinajstić information content (AvgIpc) is 2.79. The van der Waals surface area contributed by atoms with Crippen molar-refractivity contribution < 1.29 is 4.74 Å². The first kappa shape index (κ1) is 14.5. The number of hydrogen-bond acceptors (Lipinski definition) is 5. The molecule has 0 aliphatic carbocycles. The largest absolute Gasteiger partial charge is 0.496 e. The maximum Gasteiger partial charge on any atom is 0.128 e. The van der Waals surface area contributed by atoms with Crippen LogP contribution in [0, 0.1) is 13.8 Å². The van der Waals surface area contributed by atoms with E-state index >= 15 is 0 Å². The number of nitrogens with zero attached hydrogens (tertiary/aromatic N) is 5. The van der Waals surface area contributed by atoms with Gasteiger partial charge in [0.1, 0.15) is 5.75 Å². The lowest BCUT2D eigenvalue weighted by Gasteiger charge is -2.18. The van der Waals surface area contributed by atoms with Gasteiger partial charge in [-0.05, 0) is 20.9 Å². The van der Waals surface area contributed by atoms with Crippen LogP contribution in [0.1, 0.15) is 22.5 Å². The number of aromatic nitrogens is 4. The first-order valence-corrected chi connectivity index (χ1v) is 6.54. The summed E-state index contributed by atoms with van der Waals surface area (Å²) in [5, 5.41) is 8.03. The molecule has 2 aromatic rings. The molecule has 2 heterocycles. The molecule has 0 saturated heterocycles. The normalized spacial score (nSPS) is 11.1. The zero-order valence-corrected chi connectivity index (χ0v) is 12.7. The summed E-state index contributed by atoms with van der Waals surface area (Å²) in [6.07, 6.45) is 3.78. The van der Waals surface area contributed by atoms with Crippen LogP contribution in [0.2, 0.25) is 0 Å². The monoisotopic (exact) mass is 275 g/mol. The molecule has 0 radical (unpaired) electrons. The van der Waals surface area contributed by atoms with Gasteiger partial charge in [0.15, 0.2) is 0 Å². The van der Waals surface area contributed by atoms with E-state index in [1.807, 2.05) is 40.3 Å². The van der Waals surface area contributed by atoms with Gasteiger partial charge in [-0.15, -0.1) is 5.10 Å². The van der Waals surface area contributed by atoms with Crippen LogP contribution in [-0.2, 0) is 20.1 Å². The van der Waals surface area contributed by atoms with E-state index in [4.69, 9.17) is 4.74 Å². The number of ether oxygens (including phenoxy) is 1. The Labute approximate surface area is 119 Å². The van der Waals surface area contributed by atoms with Crippen LogP contribution in [0.3, 0.4) is 0 Å². The zero-order chi connectivity index (χ0) is 14.7. The minimum absolute atomic E-state index is 0.741. The topological polar surface area (TPSA) is 56.1 Å². The lowest BCUT2D eigenvalue weighted by atomic mass is 10.1. The maximum atomic E-state index is 5.44. The molecule has 0 aromatic carbocycles. The summed E-state index contributed by atoms with van der Waals surface area (Å²) in [6, 6.07) is 0. The Kier molecular flexibility index (Phi) is 4.34. The van der Waals surface area contributed by atoms with Crippen LogP contribution in [0.4, 0.5) is 0 Å². The van der Waals surface area contributed by atoms with E-state index in [2.05, 4.69) is 20.2 Å². The molecule has 0 aliphatic heterocycles. The van der Waals surface area contributed by atoms with Crippen molar-refractivity contribution in [3.63, 3.8) is 0 Å². The van der Waals surface area contributed by atoms with Crippen molar-refractivity contribution in [2.24, 2.45) is 7.05 Å². The van der Waals surface area contributed by atoms with Crippen LogP contribution < -0.4 is 4.74 Å². The Morgan fingerprint density at radius 2 is 2.05 bits per heavy atom. The molecule has 108 valence electrons. The molecular formula is C14H21N5O. The highest BCUT2D eigenvalue weighted by molar-refractivity contribution is 5.40. The highest BCUT2D eigenvalue weighted by Crippen LogP contribution is 2.24. The lowest BCUT2D eigenvalue weighted by Crippen LogP contribution is -2.19. The van der Waals surface area contributed by atoms with Crippen molar-refractivity contribution in [1.82, 2.24) is 24.9 Å². The smallest absolute Gasteiger partial charge is 0.128 e. The molecule has 6 heteroatoms. The van der Waals surface area contributed by atoms with Crippen LogP contribution in [0.15, 0.2) is 12.4 Å². The highest BCUT2D eigenvalue weighted by atomic mass is 16.5. The molecule has 2 aromatic heterocycles. The minimum atomic E-state index is 0.741. The van der Waals surface area contributed by atoms with E-state index in [1.165, 1.54) is 0 Å². The summed E-state index contributed by atoms with van der Waals surface area (Å²) in [6.45, 7) is 5.54. The summed E-state index contributed by atoms with van der Waals surface area (Å²) in [4.78, 5) is 6.67. The summed E-state index contributed by atoms with van der Waals surface area (Å²) in [5.74, 6) is 0.919. The molecular weight excluding hydrogens is 254 g/mol. The number of pyridine rings is 1. The molecule has 0 atom stereocenters. The Hall–Kier alpha value is -1.95. The van der Waals surface area contributed by atoms with Crippen molar-refractivity contribution in [3.8, 4) is 5.75 Å². The molecule has 20 heavy (non-hydrogen) atoms. The summed E-state index contributed by atoms with van der Waals surface area (Å²) >= 11 is 0. The van der Waals surface area contributed by atoms with Gasteiger partial charge in [-0.1, -0.05) is 5.21 Å². The van der Waals surface area contributed by atoms with Gasteiger partial charge in [-0.3, -0.25) is 14.6 Å². The molecule has 0 amide bonds. The molecule has 2 rings (SSSR count). The van der Waals surface area contributed by atoms with Crippen LogP contribution in [0.5, 0.6) is 5.75 Å². The Morgan fingerprint density at radius 1 is 1.30 bits per heavy atom. The first-order valence-electron chi connectivity index (χ1n) is 6.54. The SMILES string of the molecule is COc1c(C)cnc(CN(C)Cc2cn(C)nn2)c1C. The molecule has 0 spiro atoms. The van der Waals surface area contributed by atoms with E-state index in [-0.39, 0.29) is 0 Å². The standard InChI is InChI=1S/C14H21N5O/c1-10-6-15-13(11(2)14(10)20-5)9-18(3)7-12-8-19(4)17-16-12/h6,8H,7,9H2,1-5H3. The maximum absolute atomic E-state index is 5.44. The number of hydrogen-bond donors (Lipinski definition) is 0. The third-order valence-electron chi connectivity index (χ3n) is 3.25. The third-order valence-corrected chi connectivity index (χ3v) is 3.25.